The third-order valence-corrected chi connectivity index (χ3v) is 6.07. The van der Waals surface area contributed by atoms with E-state index in [1.807, 2.05) is 0 Å². The molecule has 2 aromatic rings. The molecule has 4 N–H and O–H groups in total. The predicted molar refractivity (Wildman–Crippen MR) is 107 cm³/mol. The van der Waals surface area contributed by atoms with E-state index in [4.69, 9.17) is 5.73 Å². The van der Waals surface area contributed by atoms with Crippen LogP contribution in [0.15, 0.2) is 18.2 Å². The Morgan fingerprint density at radius 2 is 1.93 bits per heavy atom. The van der Waals surface area contributed by atoms with Gasteiger partial charge in [0.05, 0.1) is 16.8 Å². The number of halogens is 3. The molecule has 164 valence electrons. The Labute approximate surface area is 175 Å². The van der Waals surface area contributed by atoms with Crippen molar-refractivity contribution < 1.29 is 27.5 Å². The molecule has 1 aromatic heterocycles. The molecule has 0 bridgehead atoms. The maximum atomic E-state index is 12.7. The second-order valence-electron chi connectivity index (χ2n) is 7.46. The topological polar surface area (TPSA) is 106 Å². The van der Waals surface area contributed by atoms with Crippen LogP contribution < -0.4 is 21.1 Å². The third kappa shape index (κ3) is 6.05. The van der Waals surface area contributed by atoms with Gasteiger partial charge in [-0.1, -0.05) is 30.6 Å². The summed E-state index contributed by atoms with van der Waals surface area (Å²) in [5.41, 5.74) is 5.48. The van der Waals surface area contributed by atoms with Gasteiger partial charge in [0.1, 0.15) is 5.75 Å². The van der Waals surface area contributed by atoms with Crippen LogP contribution in [0.1, 0.15) is 38.5 Å². The Kier molecular flexibility index (Phi) is 6.81. The molecule has 1 saturated carbocycles. The maximum Gasteiger partial charge on any atom is 0.573 e. The largest absolute Gasteiger partial charge is 0.573 e. The van der Waals surface area contributed by atoms with E-state index in [2.05, 4.69) is 20.4 Å². The van der Waals surface area contributed by atoms with E-state index in [0.29, 0.717) is 21.9 Å². The number of alkyl halides is 3. The lowest BCUT2D eigenvalue weighted by Crippen LogP contribution is -2.43. The van der Waals surface area contributed by atoms with Gasteiger partial charge >= 0.3 is 6.36 Å². The number of hydrogen-bond acceptors (Lipinski definition) is 6. The van der Waals surface area contributed by atoms with Gasteiger partial charge in [-0.2, -0.15) is 0 Å². The Morgan fingerprint density at radius 1 is 1.20 bits per heavy atom. The Bertz CT molecular complexity index is 910. The summed E-state index contributed by atoms with van der Waals surface area (Å²) < 4.78 is 41.5. The number of amides is 2. The second-order valence-corrected chi connectivity index (χ2v) is 8.49. The van der Waals surface area contributed by atoms with Crippen molar-refractivity contribution in [3.63, 3.8) is 0 Å². The van der Waals surface area contributed by atoms with Gasteiger partial charge in [-0.05, 0) is 30.4 Å². The van der Waals surface area contributed by atoms with Crippen LogP contribution >= 0.6 is 11.3 Å². The molecule has 1 fully saturated rings. The van der Waals surface area contributed by atoms with E-state index in [1.54, 1.807) is 0 Å². The van der Waals surface area contributed by atoms with Gasteiger partial charge in [-0.25, -0.2) is 4.98 Å². The van der Waals surface area contributed by atoms with E-state index in [-0.39, 0.29) is 35.9 Å². The lowest BCUT2D eigenvalue weighted by atomic mass is 9.71. The van der Waals surface area contributed by atoms with E-state index < -0.39 is 6.36 Å². The fraction of sp³-hybridized carbons (Fsp3) is 0.526. The number of anilines is 1. The molecule has 1 heterocycles. The monoisotopic (exact) mass is 444 g/mol. The molecule has 0 aliphatic heterocycles. The van der Waals surface area contributed by atoms with E-state index in [9.17, 15) is 22.8 Å². The minimum absolute atomic E-state index is 0.103. The molecule has 30 heavy (non-hydrogen) atoms. The van der Waals surface area contributed by atoms with Crippen LogP contribution in [0.25, 0.3) is 10.2 Å². The molecule has 3 rings (SSSR count). The summed E-state index contributed by atoms with van der Waals surface area (Å²) in [5.74, 6) is -0.846. The number of thiazole rings is 1. The highest BCUT2D eigenvalue weighted by Gasteiger charge is 2.35. The zero-order valence-electron chi connectivity index (χ0n) is 16.2. The number of aromatic nitrogens is 1. The first-order valence-corrected chi connectivity index (χ1v) is 10.4. The number of carbonyl (C=O) groups excluding carboxylic acids is 2. The van der Waals surface area contributed by atoms with Crippen LogP contribution in [0, 0.1) is 5.41 Å². The predicted octanol–water partition coefficient (Wildman–Crippen LogP) is 3.55. The minimum Gasteiger partial charge on any atom is -0.406 e. The average Bonchev–Trinajstić information content (AvgIpc) is 3.06. The van der Waals surface area contributed by atoms with Crippen molar-refractivity contribution in [3.05, 3.63) is 18.2 Å². The zero-order valence-corrected chi connectivity index (χ0v) is 17.0. The highest BCUT2D eigenvalue weighted by molar-refractivity contribution is 7.22. The van der Waals surface area contributed by atoms with E-state index >= 15 is 0 Å². The number of nitrogens with two attached hydrogens (primary N) is 1. The van der Waals surface area contributed by atoms with Gasteiger partial charge in [0.2, 0.25) is 11.8 Å². The first-order valence-electron chi connectivity index (χ1n) is 9.61. The van der Waals surface area contributed by atoms with Crippen molar-refractivity contribution in [1.29, 1.82) is 0 Å². The minimum atomic E-state index is -4.77. The lowest BCUT2D eigenvalue weighted by Gasteiger charge is -2.36. The molecule has 1 aliphatic rings. The fourth-order valence-corrected chi connectivity index (χ4v) is 4.65. The van der Waals surface area contributed by atoms with Gasteiger partial charge < -0.3 is 21.1 Å². The van der Waals surface area contributed by atoms with Gasteiger partial charge in [0, 0.05) is 19.0 Å². The molecular weight excluding hydrogens is 421 g/mol. The summed E-state index contributed by atoms with van der Waals surface area (Å²) in [6.45, 7) is 0.280. The number of fused-ring (bicyclic) bond motifs is 1. The zero-order chi connectivity index (χ0) is 21.8. The Morgan fingerprint density at radius 3 is 2.60 bits per heavy atom. The fourth-order valence-electron chi connectivity index (χ4n) is 3.74. The van der Waals surface area contributed by atoms with Crippen LogP contribution in [-0.4, -0.2) is 36.3 Å². The van der Waals surface area contributed by atoms with Crippen LogP contribution in [-0.2, 0) is 9.59 Å². The number of nitrogens with one attached hydrogen (secondary N) is 2. The normalized spacial score (nSPS) is 16.3. The van der Waals surface area contributed by atoms with Crippen molar-refractivity contribution in [3.8, 4) is 5.75 Å². The first-order chi connectivity index (χ1) is 14.2. The maximum absolute atomic E-state index is 12.7. The SMILES string of the molecule is NCC(=O)NCC1(CC(=O)Nc2nc3ccc(OC(F)(F)F)cc3s2)CCCCC1. The average molecular weight is 444 g/mol. The number of nitrogens with zero attached hydrogens (tertiary/aromatic N) is 1. The van der Waals surface area contributed by atoms with Crippen molar-refractivity contribution in [2.24, 2.45) is 11.1 Å². The highest BCUT2D eigenvalue weighted by atomic mass is 32.1. The van der Waals surface area contributed by atoms with E-state index in [1.165, 1.54) is 18.2 Å². The molecule has 0 spiro atoms. The molecule has 2 amide bonds. The van der Waals surface area contributed by atoms with Gasteiger partial charge in [0.25, 0.3) is 0 Å². The second kappa shape index (κ2) is 9.17. The van der Waals surface area contributed by atoms with Crippen LogP contribution in [0.5, 0.6) is 5.75 Å². The summed E-state index contributed by atoms with van der Waals surface area (Å²) in [6.07, 6.45) is 0.143. The molecule has 0 radical (unpaired) electrons. The summed E-state index contributed by atoms with van der Waals surface area (Å²) in [6, 6.07) is 3.83. The summed E-state index contributed by atoms with van der Waals surface area (Å²) in [4.78, 5) is 28.5. The molecule has 7 nitrogen and oxygen atoms in total. The number of rotatable bonds is 7. The van der Waals surface area contributed by atoms with Gasteiger partial charge in [-0.15, -0.1) is 13.2 Å². The van der Waals surface area contributed by atoms with Crippen LogP contribution in [0.3, 0.4) is 0 Å². The highest BCUT2D eigenvalue weighted by Crippen LogP contribution is 2.39. The summed E-state index contributed by atoms with van der Waals surface area (Å²) in [7, 11) is 0. The molecule has 0 unspecified atom stereocenters. The third-order valence-electron chi connectivity index (χ3n) is 5.14. The molecule has 1 aromatic carbocycles. The molecule has 0 atom stereocenters. The van der Waals surface area contributed by atoms with Gasteiger partial charge in [-0.3, -0.25) is 9.59 Å². The van der Waals surface area contributed by atoms with Crippen molar-refractivity contribution in [2.45, 2.75) is 44.9 Å². The Balaban J connectivity index is 1.67. The Hall–Kier alpha value is -2.40. The molecular formula is C19H23F3N4O3S. The number of hydrogen-bond donors (Lipinski definition) is 3. The quantitative estimate of drug-likeness (QED) is 0.606. The van der Waals surface area contributed by atoms with Gasteiger partial charge in [0.15, 0.2) is 5.13 Å². The van der Waals surface area contributed by atoms with Crippen molar-refractivity contribution in [2.75, 3.05) is 18.4 Å². The number of carbonyl (C=O) groups is 2. The molecule has 11 heteroatoms. The number of ether oxygens (including phenoxy) is 1. The van der Waals surface area contributed by atoms with Crippen LogP contribution in [0.2, 0.25) is 0 Å². The smallest absolute Gasteiger partial charge is 0.406 e. The van der Waals surface area contributed by atoms with Crippen LogP contribution in [0.4, 0.5) is 18.3 Å². The lowest BCUT2D eigenvalue weighted by molar-refractivity contribution is -0.274. The van der Waals surface area contributed by atoms with E-state index in [0.717, 1.165) is 43.4 Å². The standard InChI is InChI=1S/C19H23F3N4O3S/c20-19(21,22)29-12-4-5-13-14(8-12)30-17(25-13)26-15(27)9-18(6-2-1-3-7-18)11-24-16(28)10-23/h4-5,8H,1-3,6-7,9-11,23H2,(H,24,28)(H,25,26,27). The van der Waals surface area contributed by atoms with Crippen molar-refractivity contribution >= 4 is 38.5 Å². The summed E-state index contributed by atoms with van der Waals surface area (Å²) >= 11 is 1.07. The van der Waals surface area contributed by atoms with Crippen molar-refractivity contribution in [1.82, 2.24) is 10.3 Å². The summed E-state index contributed by atoms with van der Waals surface area (Å²) in [5, 5.41) is 5.84. The molecule has 1 aliphatic carbocycles. The molecule has 0 saturated heterocycles. The number of benzene rings is 1. The first kappa shape index (κ1) is 22.3.